The van der Waals surface area contributed by atoms with Gasteiger partial charge in [-0.05, 0) is 23.5 Å². The molecule has 0 N–H and O–H groups in total. The molecule has 0 spiro atoms. The number of benzene rings is 1. The lowest BCUT2D eigenvalue weighted by atomic mass is 10.1. The molecule has 0 aliphatic carbocycles. The quantitative estimate of drug-likeness (QED) is 0.336. The Bertz CT molecular complexity index is 957. The number of hydrogen-bond acceptors (Lipinski definition) is 8. The average molecular weight is 374 g/mol. The molecule has 10 heteroatoms. The molecular weight excluding hydrogens is 362 g/mol. The molecular formula is C14H12ClNO7S. The minimum Gasteiger partial charge on any atom is -0.422 e. The second kappa shape index (κ2) is 7.26. The normalized spacial score (nSPS) is 11.1. The van der Waals surface area contributed by atoms with Gasteiger partial charge in [-0.2, -0.15) is 4.58 Å². The predicted octanol–water partition coefficient (Wildman–Crippen LogP) is -2.61. The molecule has 1 aromatic carbocycles. The zero-order valence-electron chi connectivity index (χ0n) is 12.6. The van der Waals surface area contributed by atoms with Crippen LogP contribution < -0.4 is 33.7 Å². The Morgan fingerprint density at radius 2 is 1.71 bits per heavy atom. The molecule has 0 aliphatic rings. The molecule has 0 fully saturated rings. The van der Waals surface area contributed by atoms with Crippen LogP contribution in [-0.2, 0) is 0 Å². The Balaban J connectivity index is 0.000000368. The highest BCUT2D eigenvalue weighted by Gasteiger charge is 2.12. The van der Waals surface area contributed by atoms with Crippen LogP contribution in [0.15, 0.2) is 49.3 Å². The monoisotopic (exact) mass is 373 g/mol. The lowest BCUT2D eigenvalue weighted by Gasteiger charge is -2.17. The topological polar surface area (TPSA) is 139 Å². The fourth-order valence-electron chi connectivity index (χ4n) is 1.79. The summed E-state index contributed by atoms with van der Waals surface area (Å²) < 4.78 is 46.8. The molecule has 24 heavy (non-hydrogen) atoms. The van der Waals surface area contributed by atoms with Crippen LogP contribution in [0.3, 0.4) is 0 Å². The summed E-state index contributed by atoms with van der Waals surface area (Å²) >= 11 is 1.45. The summed E-state index contributed by atoms with van der Waals surface area (Å²) in [5, 5.41) is 2.70. The minimum atomic E-state index is -4.94. The molecule has 0 radical (unpaired) electrons. The van der Waals surface area contributed by atoms with Gasteiger partial charge < -0.3 is 8.83 Å². The van der Waals surface area contributed by atoms with E-state index in [-0.39, 0.29) is 5.63 Å². The number of rotatable bonds is 1. The van der Waals surface area contributed by atoms with E-state index in [1.54, 1.807) is 12.1 Å². The van der Waals surface area contributed by atoms with Crippen molar-refractivity contribution in [2.24, 2.45) is 0 Å². The average Bonchev–Trinajstić information content (AvgIpc) is 2.94. The molecule has 0 aliphatic heterocycles. The van der Waals surface area contributed by atoms with Gasteiger partial charge in [-0.3, -0.25) is 0 Å². The van der Waals surface area contributed by atoms with Crippen LogP contribution >= 0.6 is 11.3 Å². The van der Waals surface area contributed by atoms with Crippen LogP contribution in [-0.4, -0.2) is 14.1 Å². The summed E-state index contributed by atoms with van der Waals surface area (Å²) in [6.45, 7) is 0. The Morgan fingerprint density at radius 3 is 2.29 bits per heavy atom. The fourth-order valence-corrected chi connectivity index (χ4v) is 2.53. The summed E-state index contributed by atoms with van der Waals surface area (Å²) in [5.74, 6) is 0.535. The van der Waals surface area contributed by atoms with E-state index in [0.717, 1.165) is 10.3 Å². The Labute approximate surface area is 141 Å². The number of para-hydroxylation sites is 1. The molecule has 0 saturated heterocycles. The Hall–Kier alpha value is -2.01. The number of halogens is 1. The van der Waals surface area contributed by atoms with E-state index in [9.17, 15) is 4.79 Å². The Kier molecular flexibility index (Phi) is 5.54. The highest BCUT2D eigenvalue weighted by atomic mass is 35.7. The highest BCUT2D eigenvalue weighted by Crippen LogP contribution is 2.20. The molecule has 0 atom stereocenters. The first kappa shape index (κ1) is 18.3. The molecule has 0 bridgehead atoms. The largest absolute Gasteiger partial charge is 0.429 e. The molecule has 3 rings (SSSR count). The maximum absolute atomic E-state index is 12.0. The molecule has 2 heterocycles. The second-order valence-corrected chi connectivity index (χ2v) is 6.30. The predicted molar refractivity (Wildman–Crippen MR) is 75.2 cm³/mol. The summed E-state index contributed by atoms with van der Waals surface area (Å²) in [6, 6.07) is 9.22. The fraction of sp³-hybridized carbons (Fsp3) is 0.143. The van der Waals surface area contributed by atoms with Gasteiger partial charge in [0.2, 0.25) is 0 Å². The molecule has 3 aromatic rings. The van der Waals surface area contributed by atoms with E-state index in [0.29, 0.717) is 16.9 Å². The van der Waals surface area contributed by atoms with Crippen LogP contribution in [0.5, 0.6) is 0 Å². The van der Waals surface area contributed by atoms with Crippen LogP contribution in [0.1, 0.15) is 0 Å². The SMILES string of the molecule is C[N+](C)=c1oc(-c2cc3ccccc3oc2=O)cs1.[O-][Cl+3]([O-])([O-])[O-]. The second-order valence-electron chi connectivity index (χ2n) is 4.73. The van der Waals surface area contributed by atoms with Gasteiger partial charge in [0, 0.05) is 10.8 Å². The molecule has 0 amide bonds. The molecule has 0 saturated carbocycles. The van der Waals surface area contributed by atoms with Crippen LogP contribution in [0, 0.1) is 10.2 Å². The third-order valence-corrected chi connectivity index (χ3v) is 3.72. The van der Waals surface area contributed by atoms with Crippen molar-refractivity contribution < 1.29 is 37.7 Å². The summed E-state index contributed by atoms with van der Waals surface area (Å²) in [6.07, 6.45) is 0. The minimum absolute atomic E-state index is 0.384. The summed E-state index contributed by atoms with van der Waals surface area (Å²) in [5.41, 5.74) is 0.646. The lowest BCUT2D eigenvalue weighted by Crippen LogP contribution is -2.68. The van der Waals surface area contributed by atoms with Crippen molar-refractivity contribution >= 4 is 22.3 Å². The molecule has 0 unspecified atom stereocenters. The third kappa shape index (κ3) is 4.99. The van der Waals surface area contributed by atoms with Crippen molar-refractivity contribution in [3.05, 3.63) is 51.0 Å². The van der Waals surface area contributed by atoms with Gasteiger partial charge in [-0.25, -0.2) is 23.4 Å². The summed E-state index contributed by atoms with van der Waals surface area (Å²) in [7, 11) is -1.16. The van der Waals surface area contributed by atoms with Crippen molar-refractivity contribution in [3.8, 4) is 11.3 Å². The van der Waals surface area contributed by atoms with Gasteiger partial charge in [0.25, 0.3) is 0 Å². The van der Waals surface area contributed by atoms with Crippen LogP contribution in [0.25, 0.3) is 22.3 Å². The van der Waals surface area contributed by atoms with Crippen molar-refractivity contribution in [1.29, 1.82) is 0 Å². The number of hydrogen-bond donors (Lipinski definition) is 0. The standard InChI is InChI=1S/C14H12NO3S.ClHO4/c1-15(2)14-18-12(8-19-14)10-7-9-5-3-4-6-11(9)17-13(10)16;2-1(3,4)5/h3-8H,1-2H3;(H,2,3,4,5)/q+1;/p-1. The first-order chi connectivity index (χ1) is 11.1. The highest BCUT2D eigenvalue weighted by molar-refractivity contribution is 7.07. The van der Waals surface area contributed by atoms with E-state index in [1.807, 2.05) is 42.3 Å². The van der Waals surface area contributed by atoms with Gasteiger partial charge in [-0.1, -0.05) is 18.2 Å². The Morgan fingerprint density at radius 1 is 1.08 bits per heavy atom. The van der Waals surface area contributed by atoms with Crippen molar-refractivity contribution in [1.82, 2.24) is 4.58 Å². The van der Waals surface area contributed by atoms with E-state index >= 15 is 0 Å². The van der Waals surface area contributed by atoms with Crippen LogP contribution in [0.4, 0.5) is 0 Å². The van der Waals surface area contributed by atoms with E-state index < -0.39 is 10.2 Å². The van der Waals surface area contributed by atoms with Gasteiger partial charge >= 0.3 is 10.5 Å². The van der Waals surface area contributed by atoms with E-state index in [4.69, 9.17) is 27.5 Å². The lowest BCUT2D eigenvalue weighted by molar-refractivity contribution is -2.00. The van der Waals surface area contributed by atoms with Crippen molar-refractivity contribution in [3.63, 3.8) is 0 Å². The van der Waals surface area contributed by atoms with Crippen molar-refractivity contribution in [2.45, 2.75) is 0 Å². The zero-order valence-corrected chi connectivity index (χ0v) is 14.1. The number of nitrogens with zero attached hydrogens (tertiary/aromatic N) is 1. The van der Waals surface area contributed by atoms with Crippen LogP contribution in [0.2, 0.25) is 0 Å². The van der Waals surface area contributed by atoms with Gasteiger partial charge in [0.05, 0.1) is 0 Å². The van der Waals surface area contributed by atoms with Crippen molar-refractivity contribution in [2.75, 3.05) is 14.1 Å². The molecule has 128 valence electrons. The zero-order chi connectivity index (χ0) is 17.9. The molecule has 8 nitrogen and oxygen atoms in total. The third-order valence-electron chi connectivity index (χ3n) is 2.74. The first-order valence-electron chi connectivity index (χ1n) is 6.39. The maximum atomic E-state index is 12.0. The van der Waals surface area contributed by atoms with E-state index in [2.05, 4.69) is 0 Å². The maximum Gasteiger partial charge on any atom is 0.429 e. The first-order valence-corrected chi connectivity index (χ1v) is 8.50. The molecule has 2 aromatic heterocycles. The van der Waals surface area contributed by atoms with Gasteiger partial charge in [0.15, 0.2) is 5.76 Å². The van der Waals surface area contributed by atoms with Gasteiger partial charge in [0.1, 0.15) is 25.2 Å². The smallest absolute Gasteiger partial charge is 0.422 e. The number of fused-ring (bicyclic) bond motifs is 1. The van der Waals surface area contributed by atoms with E-state index in [1.165, 1.54) is 11.3 Å². The summed E-state index contributed by atoms with van der Waals surface area (Å²) in [4.78, 5) is 12.7. The van der Waals surface area contributed by atoms with Gasteiger partial charge in [-0.15, -0.1) is 10.2 Å².